The molecule has 0 fully saturated rings. The molecule has 1 aliphatic rings. The number of para-hydroxylation sites is 1. The third kappa shape index (κ3) is 4.55. The van der Waals surface area contributed by atoms with Crippen LogP contribution in [0.15, 0.2) is 48.8 Å². The fourth-order valence-corrected chi connectivity index (χ4v) is 4.89. The van der Waals surface area contributed by atoms with Gasteiger partial charge in [0.1, 0.15) is 22.6 Å². The second kappa shape index (κ2) is 9.89. The number of carbonyl (C=O) groups is 1. The van der Waals surface area contributed by atoms with Gasteiger partial charge in [0.15, 0.2) is 11.6 Å². The van der Waals surface area contributed by atoms with E-state index >= 15 is 0 Å². The number of nitrogens with zero attached hydrogens (tertiary/aromatic N) is 3. The maximum atomic E-state index is 14.7. The van der Waals surface area contributed by atoms with E-state index in [1.807, 2.05) is 24.3 Å². The number of nitrogens with one attached hydrogen (secondary N) is 1. The van der Waals surface area contributed by atoms with Crippen molar-refractivity contribution in [3.63, 3.8) is 0 Å². The molecule has 37 heavy (non-hydrogen) atoms. The minimum absolute atomic E-state index is 0.0172. The number of anilines is 1. The number of carbonyl (C=O) groups excluding carboxylic acids is 1. The van der Waals surface area contributed by atoms with Crippen LogP contribution in [0, 0.1) is 17.5 Å². The predicted molar refractivity (Wildman–Crippen MR) is 136 cm³/mol. The second-order valence-corrected chi connectivity index (χ2v) is 9.33. The first-order valence-electron chi connectivity index (χ1n) is 11.6. The number of benzene rings is 2. The molecular weight excluding hydrogens is 505 g/mol. The largest absolute Gasteiger partial charge is 0.493 e. The minimum Gasteiger partial charge on any atom is -0.493 e. The van der Waals surface area contributed by atoms with Crippen LogP contribution in [-0.2, 0) is 0 Å². The van der Waals surface area contributed by atoms with Crippen LogP contribution in [0.2, 0.25) is 5.02 Å². The lowest BCUT2D eigenvalue weighted by molar-refractivity contribution is 0.0948. The molecule has 1 aliphatic heterocycles. The SMILES string of the molecule is CN(C)c1c(C(=O)NCC2CCOc3ccccc32)cnc2c(-c3cc(F)cc(F)c3F)c(Cl)cnc12. The molecule has 1 unspecified atom stereocenters. The van der Waals surface area contributed by atoms with Gasteiger partial charge >= 0.3 is 0 Å². The summed E-state index contributed by atoms with van der Waals surface area (Å²) in [5.41, 5.74) is 1.62. The summed E-state index contributed by atoms with van der Waals surface area (Å²) in [6.07, 6.45) is 3.34. The number of amides is 1. The number of rotatable bonds is 5. The molecule has 190 valence electrons. The normalized spacial score (nSPS) is 14.7. The van der Waals surface area contributed by atoms with Gasteiger partial charge in [-0.3, -0.25) is 14.8 Å². The van der Waals surface area contributed by atoms with Crippen molar-refractivity contribution in [3.05, 3.63) is 82.4 Å². The maximum Gasteiger partial charge on any atom is 0.255 e. The van der Waals surface area contributed by atoms with E-state index in [4.69, 9.17) is 16.3 Å². The summed E-state index contributed by atoms with van der Waals surface area (Å²) in [5.74, 6) is -3.06. The van der Waals surface area contributed by atoms with Gasteiger partial charge in [-0.1, -0.05) is 29.8 Å². The summed E-state index contributed by atoms with van der Waals surface area (Å²) in [7, 11) is 3.44. The smallest absolute Gasteiger partial charge is 0.255 e. The Hall–Kier alpha value is -3.85. The Balaban J connectivity index is 1.54. The highest BCUT2D eigenvalue weighted by Gasteiger charge is 2.26. The summed E-state index contributed by atoms with van der Waals surface area (Å²) in [6.45, 7) is 0.944. The van der Waals surface area contributed by atoms with Gasteiger partial charge in [-0.05, 0) is 24.1 Å². The van der Waals surface area contributed by atoms with Gasteiger partial charge in [-0.25, -0.2) is 13.2 Å². The number of fused-ring (bicyclic) bond motifs is 2. The van der Waals surface area contributed by atoms with Gasteiger partial charge in [0.2, 0.25) is 0 Å². The number of hydrogen-bond donors (Lipinski definition) is 1. The molecule has 5 rings (SSSR count). The molecule has 0 aliphatic carbocycles. The van der Waals surface area contributed by atoms with Gasteiger partial charge in [0.05, 0.1) is 22.9 Å². The summed E-state index contributed by atoms with van der Waals surface area (Å²) < 4.78 is 48.4. The van der Waals surface area contributed by atoms with E-state index in [9.17, 15) is 18.0 Å². The lowest BCUT2D eigenvalue weighted by Gasteiger charge is -2.26. The van der Waals surface area contributed by atoms with Crippen LogP contribution in [0.4, 0.5) is 18.9 Å². The van der Waals surface area contributed by atoms with E-state index in [2.05, 4.69) is 15.3 Å². The molecule has 2 aromatic heterocycles. The van der Waals surface area contributed by atoms with Crippen molar-refractivity contribution in [1.82, 2.24) is 15.3 Å². The van der Waals surface area contributed by atoms with E-state index in [0.29, 0.717) is 24.9 Å². The van der Waals surface area contributed by atoms with Crippen LogP contribution >= 0.6 is 11.6 Å². The average molecular weight is 527 g/mol. The van der Waals surface area contributed by atoms with E-state index in [0.717, 1.165) is 23.8 Å². The Morgan fingerprint density at radius 3 is 2.68 bits per heavy atom. The number of hydrogen-bond acceptors (Lipinski definition) is 5. The summed E-state index contributed by atoms with van der Waals surface area (Å²) in [4.78, 5) is 23.7. The van der Waals surface area contributed by atoms with Crippen LogP contribution in [0.3, 0.4) is 0 Å². The van der Waals surface area contributed by atoms with Crippen molar-refractivity contribution < 1.29 is 22.7 Å². The zero-order valence-corrected chi connectivity index (χ0v) is 20.7. The lowest BCUT2D eigenvalue weighted by Crippen LogP contribution is -2.32. The van der Waals surface area contributed by atoms with E-state index in [1.54, 1.807) is 19.0 Å². The average Bonchev–Trinajstić information content (AvgIpc) is 2.88. The van der Waals surface area contributed by atoms with Crippen molar-refractivity contribution in [2.45, 2.75) is 12.3 Å². The van der Waals surface area contributed by atoms with Crippen molar-refractivity contribution >= 4 is 34.2 Å². The first-order chi connectivity index (χ1) is 17.8. The number of pyridine rings is 2. The highest BCUT2D eigenvalue weighted by atomic mass is 35.5. The number of halogens is 4. The molecule has 3 heterocycles. The van der Waals surface area contributed by atoms with Gasteiger partial charge < -0.3 is 15.0 Å². The Bertz CT molecular complexity index is 1530. The zero-order chi connectivity index (χ0) is 26.3. The molecule has 6 nitrogen and oxygen atoms in total. The Labute approximate surface area is 216 Å². The van der Waals surface area contributed by atoms with Gasteiger partial charge in [-0.15, -0.1) is 0 Å². The third-order valence-corrected chi connectivity index (χ3v) is 6.64. The standard InChI is InChI=1S/C27H22ClF3N4O2/c1-35(2)26-18(27(36)34-11-14-7-8-37-21-6-4-3-5-16(14)21)12-32-24-22(19(28)13-33-25(24)26)17-9-15(29)10-20(30)23(17)31/h3-6,9-10,12-14H,7-8,11H2,1-2H3,(H,34,36). The summed E-state index contributed by atoms with van der Waals surface area (Å²) >= 11 is 6.31. The molecule has 0 saturated carbocycles. The first-order valence-corrected chi connectivity index (χ1v) is 11.9. The fraction of sp³-hybridized carbons (Fsp3) is 0.222. The van der Waals surface area contributed by atoms with Crippen molar-refractivity contribution in [2.24, 2.45) is 0 Å². The Morgan fingerprint density at radius 2 is 1.89 bits per heavy atom. The lowest BCUT2D eigenvalue weighted by atomic mass is 9.93. The maximum absolute atomic E-state index is 14.7. The quantitative estimate of drug-likeness (QED) is 0.336. The fourth-order valence-electron chi connectivity index (χ4n) is 4.65. The van der Waals surface area contributed by atoms with E-state index < -0.39 is 17.5 Å². The predicted octanol–water partition coefficient (Wildman–Crippen LogP) is 5.73. The van der Waals surface area contributed by atoms with Gasteiger partial charge in [-0.2, -0.15) is 0 Å². The van der Waals surface area contributed by atoms with Crippen molar-refractivity contribution in [1.29, 1.82) is 0 Å². The summed E-state index contributed by atoms with van der Waals surface area (Å²) in [5, 5.41) is 2.94. The Kier molecular flexibility index (Phi) is 6.64. The molecule has 0 spiro atoms. The molecule has 10 heteroatoms. The molecule has 0 bridgehead atoms. The number of aromatic nitrogens is 2. The first kappa shape index (κ1) is 24.8. The Morgan fingerprint density at radius 1 is 1.14 bits per heavy atom. The highest BCUT2D eigenvalue weighted by Crippen LogP contribution is 2.39. The zero-order valence-electron chi connectivity index (χ0n) is 20.0. The van der Waals surface area contributed by atoms with Crippen LogP contribution in [0.25, 0.3) is 22.2 Å². The van der Waals surface area contributed by atoms with Crippen LogP contribution < -0.4 is 15.0 Å². The molecule has 0 saturated heterocycles. The molecule has 2 aromatic carbocycles. The van der Waals surface area contributed by atoms with Crippen LogP contribution in [0.5, 0.6) is 5.75 Å². The van der Waals surface area contributed by atoms with Gasteiger partial charge in [0.25, 0.3) is 5.91 Å². The third-order valence-electron chi connectivity index (χ3n) is 6.36. The topological polar surface area (TPSA) is 67.4 Å². The van der Waals surface area contributed by atoms with Crippen LogP contribution in [0.1, 0.15) is 28.3 Å². The molecule has 1 N–H and O–H groups in total. The molecule has 1 amide bonds. The van der Waals surface area contributed by atoms with Gasteiger partial charge in [0, 0.05) is 56.1 Å². The highest BCUT2D eigenvalue weighted by molar-refractivity contribution is 6.34. The van der Waals surface area contributed by atoms with E-state index in [-0.39, 0.29) is 44.6 Å². The molecule has 0 radical (unpaired) electrons. The van der Waals surface area contributed by atoms with Crippen LogP contribution in [-0.4, -0.2) is 43.1 Å². The molecule has 1 atom stereocenters. The van der Waals surface area contributed by atoms with E-state index in [1.165, 1.54) is 12.4 Å². The van der Waals surface area contributed by atoms with Crippen molar-refractivity contribution in [2.75, 3.05) is 32.1 Å². The minimum atomic E-state index is -1.35. The second-order valence-electron chi connectivity index (χ2n) is 8.92. The summed E-state index contributed by atoms with van der Waals surface area (Å²) in [6, 6.07) is 9.03. The number of ether oxygens (including phenoxy) is 1. The van der Waals surface area contributed by atoms with Crippen molar-refractivity contribution in [3.8, 4) is 16.9 Å². The monoisotopic (exact) mass is 526 g/mol. The molecule has 4 aromatic rings. The molecular formula is C27H22ClF3N4O2.